The molecule has 0 aromatic heterocycles. The van der Waals surface area contributed by atoms with Crippen molar-refractivity contribution in [2.75, 3.05) is 23.4 Å². The van der Waals surface area contributed by atoms with Gasteiger partial charge in [-0.15, -0.1) is 11.8 Å². The summed E-state index contributed by atoms with van der Waals surface area (Å²) >= 11 is 7.21. The molecule has 1 amide bonds. The first-order chi connectivity index (χ1) is 7.63. The molecule has 0 radical (unpaired) electrons. The van der Waals surface area contributed by atoms with Crippen LogP contribution in [0.3, 0.4) is 0 Å². The third kappa shape index (κ3) is 4.43. The SMILES string of the molecule is Cc1cc(Cl)ccc1NC(=O)CSCCO. The Hall–Kier alpha value is -0.710. The summed E-state index contributed by atoms with van der Waals surface area (Å²) in [4.78, 5) is 11.5. The van der Waals surface area contributed by atoms with Crippen LogP contribution < -0.4 is 5.32 Å². The van der Waals surface area contributed by atoms with Gasteiger partial charge in [0, 0.05) is 16.5 Å². The van der Waals surface area contributed by atoms with E-state index in [9.17, 15) is 4.79 Å². The van der Waals surface area contributed by atoms with Gasteiger partial charge in [0.15, 0.2) is 0 Å². The van der Waals surface area contributed by atoms with Crippen LogP contribution in [0.15, 0.2) is 18.2 Å². The fourth-order valence-electron chi connectivity index (χ4n) is 1.18. The van der Waals surface area contributed by atoms with Gasteiger partial charge in [-0.1, -0.05) is 11.6 Å². The number of thioether (sulfide) groups is 1. The number of halogens is 1. The second kappa shape index (κ2) is 6.78. The van der Waals surface area contributed by atoms with Crippen LogP contribution in [0, 0.1) is 6.92 Å². The van der Waals surface area contributed by atoms with Crippen molar-refractivity contribution in [1.29, 1.82) is 0 Å². The molecule has 2 N–H and O–H groups in total. The first-order valence-electron chi connectivity index (χ1n) is 4.88. The Morgan fingerprint density at radius 1 is 1.56 bits per heavy atom. The van der Waals surface area contributed by atoms with Crippen molar-refractivity contribution in [1.82, 2.24) is 0 Å². The second-order valence-corrected chi connectivity index (χ2v) is 4.83. The number of hydrogen-bond donors (Lipinski definition) is 2. The largest absolute Gasteiger partial charge is 0.396 e. The summed E-state index contributed by atoms with van der Waals surface area (Å²) in [6.45, 7) is 1.99. The Labute approximate surface area is 104 Å². The van der Waals surface area contributed by atoms with Crippen molar-refractivity contribution in [3.8, 4) is 0 Å². The molecule has 1 rings (SSSR count). The van der Waals surface area contributed by atoms with Crippen molar-refractivity contribution < 1.29 is 9.90 Å². The predicted molar refractivity (Wildman–Crippen MR) is 69.2 cm³/mol. The molecule has 0 heterocycles. The maximum Gasteiger partial charge on any atom is 0.234 e. The van der Waals surface area contributed by atoms with Crippen LogP contribution >= 0.6 is 23.4 Å². The molecule has 0 aliphatic rings. The molecule has 5 heteroatoms. The first kappa shape index (κ1) is 13.4. The van der Waals surface area contributed by atoms with Crippen molar-refractivity contribution in [3.05, 3.63) is 28.8 Å². The molecule has 0 fully saturated rings. The lowest BCUT2D eigenvalue weighted by Gasteiger charge is -2.08. The number of carbonyl (C=O) groups is 1. The highest BCUT2D eigenvalue weighted by atomic mass is 35.5. The minimum Gasteiger partial charge on any atom is -0.396 e. The van der Waals surface area contributed by atoms with Gasteiger partial charge in [-0.25, -0.2) is 0 Å². The molecule has 0 atom stereocenters. The number of carbonyl (C=O) groups excluding carboxylic acids is 1. The highest BCUT2D eigenvalue weighted by Gasteiger charge is 2.04. The van der Waals surface area contributed by atoms with Crippen molar-refractivity contribution in [3.63, 3.8) is 0 Å². The number of amides is 1. The summed E-state index contributed by atoms with van der Waals surface area (Å²) in [5.74, 6) is 0.860. The van der Waals surface area contributed by atoms with E-state index in [4.69, 9.17) is 16.7 Å². The van der Waals surface area contributed by atoms with E-state index in [0.29, 0.717) is 16.5 Å². The number of hydrogen-bond acceptors (Lipinski definition) is 3. The Morgan fingerprint density at radius 3 is 2.94 bits per heavy atom. The quantitative estimate of drug-likeness (QED) is 0.798. The predicted octanol–water partition coefficient (Wildman–Crippen LogP) is 2.31. The number of rotatable bonds is 5. The van der Waals surface area contributed by atoms with Crippen LogP contribution in [0.4, 0.5) is 5.69 Å². The molecule has 0 aliphatic carbocycles. The van der Waals surface area contributed by atoms with E-state index < -0.39 is 0 Å². The number of anilines is 1. The van der Waals surface area contributed by atoms with E-state index in [1.165, 1.54) is 11.8 Å². The average molecular weight is 260 g/mol. The van der Waals surface area contributed by atoms with Crippen molar-refractivity contribution in [2.45, 2.75) is 6.92 Å². The Balaban J connectivity index is 2.49. The van der Waals surface area contributed by atoms with E-state index in [0.717, 1.165) is 11.3 Å². The van der Waals surface area contributed by atoms with Gasteiger partial charge in [0.2, 0.25) is 5.91 Å². The molecule has 0 bridgehead atoms. The van der Waals surface area contributed by atoms with Crippen molar-refractivity contribution in [2.24, 2.45) is 0 Å². The zero-order chi connectivity index (χ0) is 12.0. The summed E-state index contributed by atoms with van der Waals surface area (Å²) in [5.41, 5.74) is 1.71. The summed E-state index contributed by atoms with van der Waals surface area (Å²) in [7, 11) is 0. The van der Waals surface area contributed by atoms with Gasteiger partial charge in [0.1, 0.15) is 0 Å². The molecule has 0 aliphatic heterocycles. The molecule has 3 nitrogen and oxygen atoms in total. The van der Waals surface area contributed by atoms with E-state index in [-0.39, 0.29) is 12.5 Å². The van der Waals surface area contributed by atoms with Crippen LogP contribution in [0.1, 0.15) is 5.56 Å². The first-order valence-corrected chi connectivity index (χ1v) is 6.41. The molecule has 1 aromatic rings. The molecule has 1 aromatic carbocycles. The normalized spacial score (nSPS) is 10.2. The van der Waals surface area contributed by atoms with Crippen molar-refractivity contribution >= 4 is 35.0 Å². The number of aliphatic hydroxyl groups excluding tert-OH is 1. The molecule has 0 spiro atoms. The summed E-state index contributed by atoms with van der Waals surface area (Å²) in [6.07, 6.45) is 0. The summed E-state index contributed by atoms with van der Waals surface area (Å²) < 4.78 is 0. The Bertz CT molecular complexity index is 371. The lowest BCUT2D eigenvalue weighted by molar-refractivity contribution is -0.113. The maximum absolute atomic E-state index is 11.5. The average Bonchev–Trinajstić information content (AvgIpc) is 2.23. The van der Waals surface area contributed by atoms with E-state index in [1.54, 1.807) is 18.2 Å². The fourth-order valence-corrected chi connectivity index (χ4v) is 1.94. The zero-order valence-electron chi connectivity index (χ0n) is 9.00. The molecule has 0 unspecified atom stereocenters. The third-order valence-corrected chi connectivity index (χ3v) is 3.10. The van der Waals surface area contributed by atoms with Crippen LogP contribution in [-0.2, 0) is 4.79 Å². The maximum atomic E-state index is 11.5. The summed E-state index contributed by atoms with van der Waals surface area (Å²) in [6, 6.07) is 5.33. The van der Waals surface area contributed by atoms with Gasteiger partial charge in [-0.3, -0.25) is 4.79 Å². The minimum atomic E-state index is -0.0659. The van der Waals surface area contributed by atoms with Crippen LogP contribution in [0.25, 0.3) is 0 Å². The molecule has 88 valence electrons. The highest BCUT2D eigenvalue weighted by molar-refractivity contribution is 7.99. The Morgan fingerprint density at radius 2 is 2.31 bits per heavy atom. The lowest BCUT2D eigenvalue weighted by atomic mass is 10.2. The van der Waals surface area contributed by atoms with Gasteiger partial charge in [0.25, 0.3) is 0 Å². The minimum absolute atomic E-state index is 0.0659. The van der Waals surface area contributed by atoms with E-state index >= 15 is 0 Å². The molecular formula is C11H14ClNO2S. The monoisotopic (exact) mass is 259 g/mol. The Kier molecular flexibility index (Phi) is 5.66. The molecule has 16 heavy (non-hydrogen) atoms. The van der Waals surface area contributed by atoms with Crippen LogP contribution in [0.2, 0.25) is 5.02 Å². The van der Waals surface area contributed by atoms with E-state index in [2.05, 4.69) is 5.32 Å². The number of aliphatic hydroxyl groups is 1. The molecule has 0 saturated heterocycles. The van der Waals surface area contributed by atoms with Crippen LogP contribution in [-0.4, -0.2) is 29.1 Å². The van der Waals surface area contributed by atoms with Gasteiger partial charge in [-0.2, -0.15) is 0 Å². The van der Waals surface area contributed by atoms with Gasteiger partial charge in [-0.05, 0) is 30.7 Å². The highest BCUT2D eigenvalue weighted by Crippen LogP contribution is 2.19. The molecular weight excluding hydrogens is 246 g/mol. The van der Waals surface area contributed by atoms with Crippen LogP contribution in [0.5, 0.6) is 0 Å². The number of aryl methyl sites for hydroxylation is 1. The van der Waals surface area contributed by atoms with Gasteiger partial charge >= 0.3 is 0 Å². The number of benzene rings is 1. The van der Waals surface area contributed by atoms with E-state index in [1.807, 2.05) is 6.92 Å². The standard InChI is InChI=1S/C11H14ClNO2S/c1-8-6-9(12)2-3-10(8)13-11(15)7-16-5-4-14/h2-3,6,14H,4-5,7H2,1H3,(H,13,15). The molecule has 0 saturated carbocycles. The van der Waals surface area contributed by atoms with Gasteiger partial charge < -0.3 is 10.4 Å². The summed E-state index contributed by atoms with van der Waals surface area (Å²) in [5, 5.41) is 12.0. The fraction of sp³-hybridized carbons (Fsp3) is 0.364. The lowest BCUT2D eigenvalue weighted by Crippen LogP contribution is -2.15. The van der Waals surface area contributed by atoms with Gasteiger partial charge in [0.05, 0.1) is 12.4 Å². The zero-order valence-corrected chi connectivity index (χ0v) is 10.6. The number of nitrogens with one attached hydrogen (secondary N) is 1. The smallest absolute Gasteiger partial charge is 0.234 e. The second-order valence-electron chi connectivity index (χ2n) is 3.28. The topological polar surface area (TPSA) is 49.3 Å². The third-order valence-electron chi connectivity index (χ3n) is 1.93.